The lowest BCUT2D eigenvalue weighted by atomic mass is 10.4. The van der Waals surface area contributed by atoms with Crippen molar-refractivity contribution in [2.45, 2.75) is 20.3 Å². The fraction of sp³-hybridized carbons (Fsp3) is 0.429. The average molecular weight is 170 g/mol. The van der Waals surface area contributed by atoms with Crippen molar-refractivity contribution in [2.75, 3.05) is 5.73 Å². The van der Waals surface area contributed by atoms with Gasteiger partial charge >= 0.3 is 5.97 Å². The number of anilines is 1. The lowest BCUT2D eigenvalue weighted by Gasteiger charge is -1.96. The Bertz CT molecular complexity index is 293. The van der Waals surface area contributed by atoms with Crippen LogP contribution in [0.4, 0.5) is 5.69 Å². The van der Waals surface area contributed by atoms with Crippen molar-refractivity contribution >= 4 is 11.7 Å². The molecular formula is C7H10N2O3. The Morgan fingerprint density at radius 1 is 1.75 bits per heavy atom. The molecule has 0 bridgehead atoms. The summed E-state index contributed by atoms with van der Waals surface area (Å²) in [6, 6.07) is 0. The second-order valence-corrected chi connectivity index (χ2v) is 2.29. The number of aromatic nitrogens is 1. The fourth-order valence-corrected chi connectivity index (χ4v) is 0.612. The summed E-state index contributed by atoms with van der Waals surface area (Å²) in [6.45, 7) is 3.33. The molecule has 66 valence electrons. The zero-order chi connectivity index (χ0) is 9.14. The molecule has 0 aliphatic rings. The molecule has 0 saturated carbocycles. The van der Waals surface area contributed by atoms with Crippen molar-refractivity contribution in [2.24, 2.45) is 0 Å². The molecule has 0 saturated heterocycles. The highest BCUT2D eigenvalue weighted by molar-refractivity contribution is 5.73. The van der Waals surface area contributed by atoms with Gasteiger partial charge in [-0.2, -0.15) is 0 Å². The summed E-state index contributed by atoms with van der Waals surface area (Å²) in [6.07, 6.45) is 0.283. The predicted octanol–water partition coefficient (Wildman–Crippen LogP) is 0.881. The Morgan fingerprint density at radius 2 is 2.42 bits per heavy atom. The molecule has 5 heteroatoms. The van der Waals surface area contributed by atoms with Gasteiger partial charge in [0, 0.05) is 6.42 Å². The molecule has 1 aromatic rings. The Kier molecular flexibility index (Phi) is 2.32. The molecule has 0 unspecified atom stereocenters. The van der Waals surface area contributed by atoms with E-state index in [-0.39, 0.29) is 24.0 Å². The van der Waals surface area contributed by atoms with E-state index in [1.165, 1.54) is 0 Å². The van der Waals surface area contributed by atoms with Gasteiger partial charge in [-0.25, -0.2) is 0 Å². The number of ether oxygens (including phenoxy) is 1. The van der Waals surface area contributed by atoms with E-state index in [0.717, 1.165) is 0 Å². The van der Waals surface area contributed by atoms with Gasteiger partial charge in [-0.15, -0.1) is 0 Å². The first-order valence-corrected chi connectivity index (χ1v) is 3.57. The van der Waals surface area contributed by atoms with Gasteiger partial charge in [0.2, 0.25) is 0 Å². The molecule has 5 nitrogen and oxygen atoms in total. The van der Waals surface area contributed by atoms with Crippen LogP contribution in [0.2, 0.25) is 0 Å². The largest absolute Gasteiger partial charge is 0.402 e. The maximum Gasteiger partial charge on any atom is 0.312 e. The Balaban J connectivity index is 2.76. The number of rotatable bonds is 2. The van der Waals surface area contributed by atoms with Crippen molar-refractivity contribution in [1.82, 2.24) is 5.16 Å². The third kappa shape index (κ3) is 1.55. The van der Waals surface area contributed by atoms with Crippen molar-refractivity contribution in [1.29, 1.82) is 0 Å². The van der Waals surface area contributed by atoms with E-state index in [9.17, 15) is 4.79 Å². The van der Waals surface area contributed by atoms with Crippen LogP contribution in [0.1, 0.15) is 19.1 Å². The lowest BCUT2D eigenvalue weighted by Crippen LogP contribution is -2.07. The topological polar surface area (TPSA) is 78.3 Å². The minimum absolute atomic E-state index is 0.0550. The standard InChI is InChI=1S/C7H10N2O3/c1-3-5(10)11-7-6(8)4(2)12-9-7/h3,8H2,1-2H3. The summed E-state index contributed by atoms with van der Waals surface area (Å²) in [5.74, 6) is 0.128. The molecule has 2 N–H and O–H groups in total. The number of esters is 1. The quantitative estimate of drug-likeness (QED) is 0.666. The molecule has 0 atom stereocenters. The number of nitrogen functional groups attached to an aromatic ring is 1. The summed E-state index contributed by atoms with van der Waals surface area (Å²) in [5.41, 5.74) is 5.75. The van der Waals surface area contributed by atoms with Crippen molar-refractivity contribution in [3.05, 3.63) is 5.76 Å². The first-order chi connectivity index (χ1) is 5.65. The zero-order valence-corrected chi connectivity index (χ0v) is 6.96. The second kappa shape index (κ2) is 3.25. The van der Waals surface area contributed by atoms with Gasteiger partial charge in [0.05, 0.1) is 0 Å². The van der Waals surface area contributed by atoms with Crippen molar-refractivity contribution in [3.8, 4) is 5.88 Å². The maximum absolute atomic E-state index is 10.8. The number of nitrogens with two attached hydrogens (primary N) is 1. The molecule has 12 heavy (non-hydrogen) atoms. The van der Waals surface area contributed by atoms with E-state index in [1.807, 2.05) is 0 Å². The number of hydrogen-bond donors (Lipinski definition) is 1. The third-order valence-corrected chi connectivity index (χ3v) is 1.37. The van der Waals surface area contributed by atoms with Gasteiger partial charge < -0.3 is 15.0 Å². The van der Waals surface area contributed by atoms with Crippen LogP contribution in [-0.4, -0.2) is 11.1 Å². The Hall–Kier alpha value is -1.52. The first kappa shape index (κ1) is 8.58. The molecule has 1 heterocycles. The average Bonchev–Trinajstić information content (AvgIpc) is 2.36. The fourth-order valence-electron chi connectivity index (χ4n) is 0.612. The number of carbonyl (C=O) groups is 1. The monoisotopic (exact) mass is 170 g/mol. The van der Waals surface area contributed by atoms with E-state index in [1.54, 1.807) is 13.8 Å². The number of hydrogen-bond acceptors (Lipinski definition) is 5. The van der Waals surface area contributed by atoms with Crippen LogP contribution in [0.15, 0.2) is 4.52 Å². The van der Waals surface area contributed by atoms with Gasteiger partial charge in [0.1, 0.15) is 5.69 Å². The highest BCUT2D eigenvalue weighted by Gasteiger charge is 2.12. The Morgan fingerprint density at radius 3 is 2.83 bits per heavy atom. The smallest absolute Gasteiger partial charge is 0.312 e. The molecule has 0 spiro atoms. The van der Waals surface area contributed by atoms with Crippen molar-refractivity contribution in [3.63, 3.8) is 0 Å². The summed E-state index contributed by atoms with van der Waals surface area (Å²) in [4.78, 5) is 10.8. The lowest BCUT2D eigenvalue weighted by molar-refractivity contribution is -0.134. The van der Waals surface area contributed by atoms with Gasteiger partial charge in [-0.1, -0.05) is 6.92 Å². The Labute approximate surface area is 69.5 Å². The molecule has 0 aliphatic heterocycles. The first-order valence-electron chi connectivity index (χ1n) is 3.57. The zero-order valence-electron chi connectivity index (χ0n) is 6.96. The van der Waals surface area contributed by atoms with E-state index >= 15 is 0 Å². The number of aryl methyl sites for hydroxylation is 1. The summed E-state index contributed by atoms with van der Waals surface area (Å²) >= 11 is 0. The second-order valence-electron chi connectivity index (χ2n) is 2.29. The van der Waals surface area contributed by atoms with E-state index in [0.29, 0.717) is 5.76 Å². The number of carbonyl (C=O) groups excluding carboxylic acids is 1. The molecule has 0 aromatic carbocycles. The predicted molar refractivity (Wildman–Crippen MR) is 41.6 cm³/mol. The molecule has 0 radical (unpaired) electrons. The molecule has 0 aliphatic carbocycles. The maximum atomic E-state index is 10.8. The third-order valence-electron chi connectivity index (χ3n) is 1.37. The van der Waals surface area contributed by atoms with Crippen LogP contribution in [0, 0.1) is 6.92 Å². The van der Waals surface area contributed by atoms with Crippen LogP contribution in [0.25, 0.3) is 0 Å². The van der Waals surface area contributed by atoms with Crippen LogP contribution in [-0.2, 0) is 4.79 Å². The summed E-state index contributed by atoms with van der Waals surface area (Å²) < 4.78 is 9.43. The normalized spacial score (nSPS) is 9.83. The molecule has 0 fully saturated rings. The summed E-state index contributed by atoms with van der Waals surface area (Å²) in [7, 11) is 0. The van der Waals surface area contributed by atoms with Crippen LogP contribution in [0.5, 0.6) is 5.88 Å². The number of nitrogens with zero attached hydrogens (tertiary/aromatic N) is 1. The molecule has 0 amide bonds. The van der Waals surface area contributed by atoms with Crippen molar-refractivity contribution < 1.29 is 14.1 Å². The van der Waals surface area contributed by atoms with Crippen LogP contribution < -0.4 is 10.5 Å². The van der Waals surface area contributed by atoms with E-state index < -0.39 is 0 Å². The molecule has 1 aromatic heterocycles. The van der Waals surface area contributed by atoms with Gasteiger partial charge in [0.25, 0.3) is 5.88 Å². The van der Waals surface area contributed by atoms with E-state index in [4.69, 9.17) is 10.5 Å². The van der Waals surface area contributed by atoms with E-state index in [2.05, 4.69) is 9.68 Å². The molecular weight excluding hydrogens is 160 g/mol. The highest BCUT2D eigenvalue weighted by atomic mass is 16.6. The van der Waals surface area contributed by atoms with Gasteiger partial charge in [-0.3, -0.25) is 4.79 Å². The van der Waals surface area contributed by atoms with Crippen LogP contribution in [0.3, 0.4) is 0 Å². The van der Waals surface area contributed by atoms with Crippen LogP contribution >= 0.6 is 0 Å². The van der Waals surface area contributed by atoms with Gasteiger partial charge in [0.15, 0.2) is 5.76 Å². The molecule has 1 rings (SSSR count). The minimum atomic E-state index is -0.380. The minimum Gasteiger partial charge on any atom is -0.402 e. The highest BCUT2D eigenvalue weighted by Crippen LogP contribution is 2.23. The summed E-state index contributed by atoms with van der Waals surface area (Å²) in [5, 5.41) is 3.46. The van der Waals surface area contributed by atoms with Gasteiger partial charge in [-0.05, 0) is 12.1 Å². The SMILES string of the molecule is CCC(=O)Oc1noc(C)c1N.